The summed E-state index contributed by atoms with van der Waals surface area (Å²) in [4.78, 5) is 3.81. The first-order valence-corrected chi connectivity index (χ1v) is 7.45. The molecule has 0 saturated carbocycles. The quantitative estimate of drug-likeness (QED) is 0.433. The SMILES string of the molecule is CN=C(N)NN=C(C)c1ccc2sc3ccccc3c2c1. The van der Waals surface area contributed by atoms with Crippen molar-refractivity contribution in [2.75, 3.05) is 7.05 Å². The first kappa shape index (κ1) is 13.6. The van der Waals surface area contributed by atoms with Gasteiger partial charge in [-0.1, -0.05) is 24.3 Å². The molecule has 3 aromatic rings. The molecule has 0 amide bonds. The monoisotopic (exact) mass is 296 g/mol. The van der Waals surface area contributed by atoms with Gasteiger partial charge in [0.25, 0.3) is 0 Å². The maximum Gasteiger partial charge on any atom is 0.209 e. The smallest absolute Gasteiger partial charge is 0.209 e. The summed E-state index contributed by atoms with van der Waals surface area (Å²) >= 11 is 1.81. The van der Waals surface area contributed by atoms with Gasteiger partial charge in [0.15, 0.2) is 0 Å². The zero-order valence-electron chi connectivity index (χ0n) is 11.9. The van der Waals surface area contributed by atoms with Crippen molar-refractivity contribution in [1.29, 1.82) is 0 Å². The van der Waals surface area contributed by atoms with E-state index in [1.54, 1.807) is 7.05 Å². The summed E-state index contributed by atoms with van der Waals surface area (Å²) in [7, 11) is 1.62. The number of guanidine groups is 1. The maximum absolute atomic E-state index is 5.58. The first-order chi connectivity index (χ1) is 10.2. The van der Waals surface area contributed by atoms with Crippen molar-refractivity contribution in [1.82, 2.24) is 5.43 Å². The highest BCUT2D eigenvalue weighted by molar-refractivity contribution is 7.25. The van der Waals surface area contributed by atoms with Crippen LogP contribution in [0.1, 0.15) is 12.5 Å². The minimum Gasteiger partial charge on any atom is -0.369 e. The average molecular weight is 296 g/mol. The maximum atomic E-state index is 5.58. The Bertz CT molecular complexity index is 861. The molecule has 21 heavy (non-hydrogen) atoms. The standard InChI is InChI=1S/C16H16N4S/c1-10(19-20-16(17)18-2)11-7-8-15-13(9-11)12-5-3-4-6-14(12)21-15/h3-9H,1-2H3,(H3,17,18,20). The third-order valence-corrected chi connectivity index (χ3v) is 4.53. The van der Waals surface area contributed by atoms with Crippen LogP contribution in [0.4, 0.5) is 0 Å². The Balaban J connectivity index is 2.06. The molecule has 2 aromatic carbocycles. The summed E-state index contributed by atoms with van der Waals surface area (Å²) in [6.07, 6.45) is 0. The number of thiophene rings is 1. The molecule has 0 radical (unpaired) electrons. The van der Waals surface area contributed by atoms with E-state index in [0.29, 0.717) is 5.96 Å². The van der Waals surface area contributed by atoms with Gasteiger partial charge < -0.3 is 5.73 Å². The summed E-state index contributed by atoms with van der Waals surface area (Å²) in [5.74, 6) is 0.302. The van der Waals surface area contributed by atoms with Crippen LogP contribution in [-0.2, 0) is 0 Å². The number of rotatable bonds is 2. The number of hydrogen-bond donors (Lipinski definition) is 2. The van der Waals surface area contributed by atoms with E-state index in [-0.39, 0.29) is 0 Å². The van der Waals surface area contributed by atoms with Gasteiger partial charge in [0.2, 0.25) is 5.96 Å². The average Bonchev–Trinajstić information content (AvgIpc) is 2.90. The fraction of sp³-hybridized carbons (Fsp3) is 0.125. The van der Waals surface area contributed by atoms with Crippen LogP contribution in [0.15, 0.2) is 52.6 Å². The molecule has 3 N–H and O–H groups in total. The van der Waals surface area contributed by atoms with Gasteiger partial charge in [0, 0.05) is 27.2 Å². The minimum absolute atomic E-state index is 0.302. The van der Waals surface area contributed by atoms with E-state index in [2.05, 4.69) is 58.0 Å². The van der Waals surface area contributed by atoms with Crippen molar-refractivity contribution in [2.45, 2.75) is 6.92 Å². The molecule has 3 rings (SSSR count). The van der Waals surface area contributed by atoms with Gasteiger partial charge in [-0.3, -0.25) is 4.99 Å². The Hall–Kier alpha value is -2.40. The number of hydrazone groups is 1. The van der Waals surface area contributed by atoms with Gasteiger partial charge >= 0.3 is 0 Å². The van der Waals surface area contributed by atoms with E-state index in [9.17, 15) is 0 Å². The predicted octanol–water partition coefficient (Wildman–Crippen LogP) is 3.31. The number of fused-ring (bicyclic) bond motifs is 3. The summed E-state index contributed by atoms with van der Waals surface area (Å²) in [6.45, 7) is 1.95. The number of hydrogen-bond acceptors (Lipinski definition) is 3. The van der Waals surface area contributed by atoms with Crippen LogP contribution >= 0.6 is 11.3 Å². The van der Waals surface area contributed by atoms with Crippen LogP contribution in [0, 0.1) is 0 Å². The van der Waals surface area contributed by atoms with Gasteiger partial charge in [-0.2, -0.15) is 5.10 Å². The Morgan fingerprint density at radius 3 is 2.67 bits per heavy atom. The van der Waals surface area contributed by atoms with E-state index < -0.39 is 0 Å². The highest BCUT2D eigenvalue weighted by atomic mass is 32.1. The molecule has 0 aliphatic carbocycles. The molecule has 0 fully saturated rings. The molecule has 0 atom stereocenters. The van der Waals surface area contributed by atoms with Crippen LogP contribution in [0.5, 0.6) is 0 Å². The van der Waals surface area contributed by atoms with Gasteiger partial charge in [0.05, 0.1) is 5.71 Å². The molecule has 0 aliphatic heterocycles. The lowest BCUT2D eigenvalue weighted by molar-refractivity contribution is 0.997. The van der Waals surface area contributed by atoms with Crippen molar-refractivity contribution in [3.8, 4) is 0 Å². The largest absolute Gasteiger partial charge is 0.369 e. The molecule has 4 nitrogen and oxygen atoms in total. The van der Waals surface area contributed by atoms with Crippen molar-refractivity contribution in [3.05, 3.63) is 48.0 Å². The van der Waals surface area contributed by atoms with Gasteiger partial charge in [-0.05, 0) is 30.7 Å². The van der Waals surface area contributed by atoms with Crippen LogP contribution < -0.4 is 11.2 Å². The van der Waals surface area contributed by atoms with Crippen molar-refractivity contribution >= 4 is 43.2 Å². The highest BCUT2D eigenvalue weighted by Gasteiger charge is 2.06. The van der Waals surface area contributed by atoms with Crippen LogP contribution in [0.3, 0.4) is 0 Å². The minimum atomic E-state index is 0.302. The third kappa shape index (κ3) is 2.60. The second-order valence-electron chi connectivity index (χ2n) is 4.73. The van der Waals surface area contributed by atoms with Crippen LogP contribution in [0.2, 0.25) is 0 Å². The van der Waals surface area contributed by atoms with E-state index in [4.69, 9.17) is 5.73 Å². The molecular weight excluding hydrogens is 280 g/mol. The Kier molecular flexibility index (Phi) is 3.58. The van der Waals surface area contributed by atoms with E-state index >= 15 is 0 Å². The number of nitrogens with two attached hydrogens (primary N) is 1. The Labute approximate surface area is 127 Å². The molecule has 106 valence electrons. The molecule has 1 heterocycles. The highest BCUT2D eigenvalue weighted by Crippen LogP contribution is 2.34. The van der Waals surface area contributed by atoms with Crippen molar-refractivity contribution in [2.24, 2.45) is 15.8 Å². The molecule has 0 bridgehead atoms. The fourth-order valence-corrected chi connectivity index (χ4v) is 3.29. The Morgan fingerprint density at radius 1 is 1.10 bits per heavy atom. The second-order valence-corrected chi connectivity index (χ2v) is 5.81. The number of nitrogens with zero attached hydrogens (tertiary/aromatic N) is 2. The van der Waals surface area contributed by atoms with Gasteiger partial charge in [-0.15, -0.1) is 11.3 Å². The molecule has 5 heteroatoms. The molecule has 0 spiro atoms. The second kappa shape index (κ2) is 5.54. The molecule has 0 unspecified atom stereocenters. The summed E-state index contributed by atoms with van der Waals surface area (Å²) in [5, 5.41) is 6.80. The number of aliphatic imine (C=N–C) groups is 1. The van der Waals surface area contributed by atoms with Crippen LogP contribution in [0.25, 0.3) is 20.2 Å². The van der Waals surface area contributed by atoms with E-state index in [1.807, 2.05) is 18.3 Å². The lowest BCUT2D eigenvalue weighted by atomic mass is 10.1. The number of benzene rings is 2. The molecular formula is C16H16N4S. The normalized spacial score (nSPS) is 13.0. The third-order valence-electron chi connectivity index (χ3n) is 3.37. The van der Waals surface area contributed by atoms with Gasteiger partial charge in [0.1, 0.15) is 0 Å². The van der Waals surface area contributed by atoms with Gasteiger partial charge in [-0.25, -0.2) is 5.43 Å². The van der Waals surface area contributed by atoms with E-state index in [1.165, 1.54) is 20.2 Å². The molecule has 1 aromatic heterocycles. The topological polar surface area (TPSA) is 62.8 Å². The van der Waals surface area contributed by atoms with Crippen molar-refractivity contribution in [3.63, 3.8) is 0 Å². The fourth-order valence-electron chi connectivity index (χ4n) is 2.21. The first-order valence-electron chi connectivity index (χ1n) is 6.63. The summed E-state index contributed by atoms with van der Waals surface area (Å²) < 4.78 is 2.59. The zero-order valence-corrected chi connectivity index (χ0v) is 12.7. The zero-order chi connectivity index (χ0) is 14.8. The predicted molar refractivity (Wildman–Crippen MR) is 92.2 cm³/mol. The number of nitrogens with one attached hydrogen (secondary N) is 1. The van der Waals surface area contributed by atoms with Crippen molar-refractivity contribution < 1.29 is 0 Å². The molecule has 0 saturated heterocycles. The molecule has 0 aliphatic rings. The lowest BCUT2D eigenvalue weighted by Crippen LogP contribution is -2.27. The summed E-state index contributed by atoms with van der Waals surface area (Å²) in [5.41, 5.74) is 10.3. The summed E-state index contributed by atoms with van der Waals surface area (Å²) in [6, 6.07) is 14.9. The van der Waals surface area contributed by atoms with E-state index in [0.717, 1.165) is 11.3 Å². The lowest BCUT2D eigenvalue weighted by Gasteiger charge is -2.03. The Morgan fingerprint density at radius 2 is 1.86 bits per heavy atom. The van der Waals surface area contributed by atoms with Crippen LogP contribution in [-0.4, -0.2) is 18.7 Å².